The van der Waals surface area contributed by atoms with Crippen molar-refractivity contribution in [2.45, 2.75) is 0 Å². The number of hydrogen-bond acceptors (Lipinski definition) is 4. The van der Waals surface area contributed by atoms with E-state index >= 15 is 0 Å². The number of nitrogens with zero attached hydrogens (tertiary/aromatic N) is 3. The molecule has 3 N–H and O–H groups in total. The van der Waals surface area contributed by atoms with Crippen LogP contribution in [0.1, 0.15) is 0 Å². The lowest BCUT2D eigenvalue weighted by atomic mass is 10.3. The number of nitrogens with two attached hydrogens (primary N) is 1. The summed E-state index contributed by atoms with van der Waals surface area (Å²) in [7, 11) is 0. The first-order chi connectivity index (χ1) is 7.81. The van der Waals surface area contributed by atoms with Gasteiger partial charge in [-0.05, 0) is 12.1 Å². The lowest BCUT2D eigenvalue weighted by Gasteiger charge is -2.34. The molecule has 0 atom stereocenters. The van der Waals surface area contributed by atoms with Crippen molar-refractivity contribution < 1.29 is 4.79 Å². The fourth-order valence-electron chi connectivity index (χ4n) is 1.77. The normalized spacial score (nSPS) is 16.1. The summed E-state index contributed by atoms with van der Waals surface area (Å²) in [5, 5.41) is 0. The van der Waals surface area contributed by atoms with E-state index in [0.29, 0.717) is 13.1 Å². The Labute approximate surface area is 94.0 Å². The summed E-state index contributed by atoms with van der Waals surface area (Å²) in [4.78, 5) is 19.4. The van der Waals surface area contributed by atoms with Crippen molar-refractivity contribution in [3.05, 3.63) is 24.4 Å². The predicted octanol–water partition coefficient (Wildman–Crippen LogP) is -0.213. The van der Waals surface area contributed by atoms with Crippen LogP contribution in [-0.4, -0.2) is 42.1 Å². The molecular formula is C10H15N5O. The van der Waals surface area contributed by atoms with E-state index in [1.54, 1.807) is 11.1 Å². The third-order valence-corrected chi connectivity index (χ3v) is 2.66. The molecule has 1 aliphatic heterocycles. The number of rotatable bonds is 1. The van der Waals surface area contributed by atoms with Gasteiger partial charge < -0.3 is 9.80 Å². The predicted molar refractivity (Wildman–Crippen MR) is 60.7 cm³/mol. The molecule has 2 heterocycles. The van der Waals surface area contributed by atoms with Gasteiger partial charge in [-0.2, -0.15) is 0 Å². The van der Waals surface area contributed by atoms with Gasteiger partial charge in [0.15, 0.2) is 0 Å². The fraction of sp³-hybridized carbons (Fsp3) is 0.400. The molecule has 0 bridgehead atoms. The zero-order valence-electron chi connectivity index (χ0n) is 8.97. The minimum Gasteiger partial charge on any atom is -0.353 e. The van der Waals surface area contributed by atoms with Crippen LogP contribution >= 0.6 is 0 Å². The Balaban J connectivity index is 1.93. The molecule has 0 aliphatic carbocycles. The molecule has 6 heteroatoms. The molecule has 2 amide bonds. The van der Waals surface area contributed by atoms with Gasteiger partial charge in [0.2, 0.25) is 0 Å². The van der Waals surface area contributed by atoms with Gasteiger partial charge >= 0.3 is 6.03 Å². The lowest BCUT2D eigenvalue weighted by Crippen LogP contribution is -2.53. The van der Waals surface area contributed by atoms with Gasteiger partial charge in [-0.15, -0.1) is 0 Å². The lowest BCUT2D eigenvalue weighted by molar-refractivity contribution is 0.194. The average molecular weight is 221 g/mol. The van der Waals surface area contributed by atoms with Gasteiger partial charge in [-0.1, -0.05) is 6.07 Å². The number of pyridine rings is 1. The summed E-state index contributed by atoms with van der Waals surface area (Å²) >= 11 is 0. The van der Waals surface area contributed by atoms with Crippen LogP contribution in [0.4, 0.5) is 10.6 Å². The van der Waals surface area contributed by atoms with Crippen LogP contribution < -0.4 is 16.2 Å². The van der Waals surface area contributed by atoms with Gasteiger partial charge in [0.25, 0.3) is 0 Å². The van der Waals surface area contributed by atoms with Crippen molar-refractivity contribution in [3.63, 3.8) is 0 Å². The second-order valence-corrected chi connectivity index (χ2v) is 3.61. The first-order valence-corrected chi connectivity index (χ1v) is 5.23. The second kappa shape index (κ2) is 4.80. The third-order valence-electron chi connectivity index (χ3n) is 2.66. The van der Waals surface area contributed by atoms with Crippen LogP contribution in [0.25, 0.3) is 0 Å². The van der Waals surface area contributed by atoms with Crippen molar-refractivity contribution in [3.8, 4) is 0 Å². The quantitative estimate of drug-likeness (QED) is 0.391. The number of aromatic nitrogens is 1. The molecule has 1 aliphatic rings. The van der Waals surface area contributed by atoms with E-state index in [1.807, 2.05) is 18.2 Å². The Bertz CT molecular complexity index is 347. The van der Waals surface area contributed by atoms with Crippen LogP contribution in [-0.2, 0) is 0 Å². The Morgan fingerprint density at radius 2 is 2.06 bits per heavy atom. The molecular weight excluding hydrogens is 206 g/mol. The van der Waals surface area contributed by atoms with Crippen molar-refractivity contribution in [2.75, 3.05) is 31.1 Å². The molecule has 0 spiro atoms. The molecule has 0 saturated carbocycles. The zero-order valence-corrected chi connectivity index (χ0v) is 8.97. The molecule has 0 unspecified atom stereocenters. The van der Waals surface area contributed by atoms with Crippen LogP contribution in [0.3, 0.4) is 0 Å². The van der Waals surface area contributed by atoms with Gasteiger partial charge in [0.1, 0.15) is 5.82 Å². The van der Waals surface area contributed by atoms with E-state index in [0.717, 1.165) is 18.9 Å². The minimum atomic E-state index is -0.222. The van der Waals surface area contributed by atoms with E-state index in [4.69, 9.17) is 5.84 Å². The zero-order chi connectivity index (χ0) is 11.4. The second-order valence-electron chi connectivity index (χ2n) is 3.61. The number of hydrogen-bond donors (Lipinski definition) is 2. The Hall–Kier alpha value is -1.82. The standard InChI is InChI=1S/C10H15N5O/c11-13-10(16)15-7-5-14(6-8-15)9-3-1-2-4-12-9/h1-4H,5-8,11H2,(H,13,16). The first kappa shape index (κ1) is 10.7. The Morgan fingerprint density at radius 3 is 2.62 bits per heavy atom. The van der Waals surface area contributed by atoms with Gasteiger partial charge in [-0.3, -0.25) is 5.43 Å². The van der Waals surface area contributed by atoms with Crippen molar-refractivity contribution in [1.29, 1.82) is 0 Å². The highest BCUT2D eigenvalue weighted by Crippen LogP contribution is 2.12. The summed E-state index contributed by atoms with van der Waals surface area (Å²) < 4.78 is 0. The molecule has 86 valence electrons. The number of carbonyl (C=O) groups excluding carboxylic acids is 1. The molecule has 0 radical (unpaired) electrons. The molecule has 1 fully saturated rings. The van der Waals surface area contributed by atoms with E-state index in [1.165, 1.54) is 0 Å². The largest absolute Gasteiger partial charge is 0.353 e. The molecule has 1 saturated heterocycles. The fourth-order valence-corrected chi connectivity index (χ4v) is 1.77. The molecule has 2 rings (SSSR count). The summed E-state index contributed by atoms with van der Waals surface area (Å²) in [6, 6.07) is 5.60. The van der Waals surface area contributed by atoms with Crippen LogP contribution in [0.5, 0.6) is 0 Å². The number of piperazine rings is 1. The van der Waals surface area contributed by atoms with Crippen molar-refractivity contribution >= 4 is 11.8 Å². The van der Waals surface area contributed by atoms with Crippen molar-refractivity contribution in [1.82, 2.24) is 15.3 Å². The highest BCUT2D eigenvalue weighted by atomic mass is 16.2. The summed E-state index contributed by atoms with van der Waals surface area (Å²) in [6.45, 7) is 2.90. The molecule has 1 aromatic heterocycles. The third kappa shape index (κ3) is 2.22. The van der Waals surface area contributed by atoms with Gasteiger partial charge in [-0.25, -0.2) is 15.6 Å². The SMILES string of the molecule is NNC(=O)N1CCN(c2ccccn2)CC1. The topological polar surface area (TPSA) is 74.5 Å². The van der Waals surface area contributed by atoms with Crippen molar-refractivity contribution in [2.24, 2.45) is 5.84 Å². The van der Waals surface area contributed by atoms with Crippen LogP contribution in [0, 0.1) is 0 Å². The van der Waals surface area contributed by atoms with E-state index in [2.05, 4.69) is 15.3 Å². The number of nitrogens with one attached hydrogen (secondary N) is 1. The summed E-state index contributed by atoms with van der Waals surface area (Å²) in [6.07, 6.45) is 1.77. The van der Waals surface area contributed by atoms with Gasteiger partial charge in [0, 0.05) is 32.4 Å². The molecule has 6 nitrogen and oxygen atoms in total. The number of amides is 2. The summed E-state index contributed by atoms with van der Waals surface area (Å²) in [5.41, 5.74) is 2.14. The number of carbonyl (C=O) groups is 1. The number of hydrazine groups is 1. The van der Waals surface area contributed by atoms with E-state index < -0.39 is 0 Å². The summed E-state index contributed by atoms with van der Waals surface area (Å²) in [5.74, 6) is 6.04. The Morgan fingerprint density at radius 1 is 1.31 bits per heavy atom. The first-order valence-electron chi connectivity index (χ1n) is 5.23. The number of urea groups is 1. The van der Waals surface area contributed by atoms with E-state index in [-0.39, 0.29) is 6.03 Å². The number of anilines is 1. The van der Waals surface area contributed by atoms with Gasteiger partial charge in [0.05, 0.1) is 0 Å². The minimum absolute atomic E-state index is 0.222. The maximum Gasteiger partial charge on any atom is 0.331 e. The maximum absolute atomic E-state index is 11.3. The molecule has 0 aromatic carbocycles. The van der Waals surface area contributed by atoms with E-state index in [9.17, 15) is 4.79 Å². The average Bonchev–Trinajstić information content (AvgIpc) is 2.39. The van der Waals surface area contributed by atoms with Crippen LogP contribution in [0.2, 0.25) is 0 Å². The highest BCUT2D eigenvalue weighted by molar-refractivity contribution is 5.73. The molecule has 1 aromatic rings. The Kier molecular flexibility index (Phi) is 3.21. The molecule has 16 heavy (non-hydrogen) atoms. The maximum atomic E-state index is 11.3. The highest BCUT2D eigenvalue weighted by Gasteiger charge is 2.20. The smallest absolute Gasteiger partial charge is 0.331 e. The monoisotopic (exact) mass is 221 g/mol. The van der Waals surface area contributed by atoms with Crippen LogP contribution in [0.15, 0.2) is 24.4 Å².